The Morgan fingerprint density at radius 1 is 1.07 bits per heavy atom. The van der Waals surface area contributed by atoms with Gasteiger partial charge in [-0.1, -0.05) is 38.3 Å². The minimum atomic E-state index is -0.353. The third kappa shape index (κ3) is 6.12. The lowest BCUT2D eigenvalue weighted by Crippen LogP contribution is -2.60. The molecule has 1 fully saturated rings. The molecule has 1 saturated heterocycles. The van der Waals surface area contributed by atoms with Crippen molar-refractivity contribution in [2.75, 3.05) is 62.8 Å². The van der Waals surface area contributed by atoms with Gasteiger partial charge in [0.25, 0.3) is 0 Å². The number of alkyl carbamates (subject to hydrolysis) is 1. The highest BCUT2D eigenvalue weighted by atomic mass is 19.1. The molecule has 2 aromatic rings. The third-order valence-electron chi connectivity index (χ3n) is 9.14. The summed E-state index contributed by atoms with van der Waals surface area (Å²) in [6.07, 6.45) is 6.15. The lowest BCUT2D eigenvalue weighted by Gasteiger charge is -2.47. The summed E-state index contributed by atoms with van der Waals surface area (Å²) in [6.45, 7) is 7.72. The van der Waals surface area contributed by atoms with E-state index in [1.807, 2.05) is 0 Å². The number of unbranched alkanes of at least 4 members (excludes halogenated alkanes) is 3. The molecule has 2 aromatic carbocycles. The number of halogens is 1. The van der Waals surface area contributed by atoms with E-state index in [2.05, 4.69) is 47.3 Å². The summed E-state index contributed by atoms with van der Waals surface area (Å²) < 4.78 is 19.9. The molecule has 3 aliphatic heterocycles. The van der Waals surface area contributed by atoms with Gasteiger partial charge in [0.1, 0.15) is 5.82 Å². The van der Waals surface area contributed by atoms with Crippen molar-refractivity contribution in [3.8, 4) is 0 Å². The van der Waals surface area contributed by atoms with Gasteiger partial charge in [0.15, 0.2) is 5.78 Å². The number of anilines is 2. The number of likely N-dealkylation sites (N-methyl/N-ethyl adjacent to an activating group) is 1. The third-order valence-corrected chi connectivity index (χ3v) is 9.14. The number of benzene rings is 2. The van der Waals surface area contributed by atoms with Crippen LogP contribution in [0.25, 0.3) is 0 Å². The van der Waals surface area contributed by atoms with Crippen LogP contribution >= 0.6 is 0 Å². The number of ketones is 1. The Kier molecular flexibility index (Phi) is 8.94. The molecule has 1 N–H and O–H groups in total. The van der Waals surface area contributed by atoms with Crippen molar-refractivity contribution < 1.29 is 23.2 Å². The lowest BCUT2D eigenvalue weighted by molar-refractivity contribution is -0.949. The van der Waals surface area contributed by atoms with Crippen LogP contribution in [0.2, 0.25) is 0 Å². The molecule has 0 saturated carbocycles. The van der Waals surface area contributed by atoms with Gasteiger partial charge in [0, 0.05) is 57.5 Å². The van der Waals surface area contributed by atoms with Gasteiger partial charge in [-0.25, -0.2) is 9.18 Å². The molecule has 8 heteroatoms. The number of carbonyl (C=O) groups excluding carboxylic acids is 2. The maximum Gasteiger partial charge on any atom is 0.411 e. The number of nitrogens with one attached hydrogen (secondary N) is 1. The van der Waals surface area contributed by atoms with E-state index in [1.165, 1.54) is 35.5 Å². The average Bonchev–Trinajstić information content (AvgIpc) is 3.28. The summed E-state index contributed by atoms with van der Waals surface area (Å²) in [5, 5.41) is 2.93. The van der Waals surface area contributed by atoms with Gasteiger partial charge >= 0.3 is 6.09 Å². The number of rotatable bonds is 12. The number of piperidine rings is 1. The van der Waals surface area contributed by atoms with E-state index >= 15 is 0 Å². The molecule has 0 spiro atoms. The molecule has 0 bridgehead atoms. The van der Waals surface area contributed by atoms with Crippen LogP contribution < -0.4 is 15.1 Å². The molecule has 3 heterocycles. The number of nitrogens with zero attached hydrogens (tertiary/aromatic N) is 3. The largest absolute Gasteiger partial charge is 0.411 e. The van der Waals surface area contributed by atoms with Gasteiger partial charge in [0.05, 0.1) is 36.9 Å². The molecule has 3 atom stereocenters. The second-order valence-corrected chi connectivity index (χ2v) is 11.8. The number of quaternary nitrogens is 1. The monoisotopic (exact) mass is 551 g/mol. The summed E-state index contributed by atoms with van der Waals surface area (Å²) in [6, 6.07) is 12.9. The van der Waals surface area contributed by atoms with E-state index in [0.717, 1.165) is 58.4 Å². The summed E-state index contributed by atoms with van der Waals surface area (Å²) >= 11 is 0. The number of para-hydroxylation sites is 1. The lowest BCUT2D eigenvalue weighted by atomic mass is 9.87. The van der Waals surface area contributed by atoms with Crippen LogP contribution in [0.4, 0.5) is 20.6 Å². The van der Waals surface area contributed by atoms with Crippen LogP contribution in [0.15, 0.2) is 42.5 Å². The number of carbonyl (C=O) groups is 2. The fourth-order valence-electron chi connectivity index (χ4n) is 6.94. The minimum absolute atomic E-state index is 0.0229. The normalized spacial score (nSPS) is 23.0. The van der Waals surface area contributed by atoms with Crippen LogP contribution in [0.1, 0.15) is 73.7 Å². The maximum atomic E-state index is 13.3. The molecule has 3 aliphatic rings. The second kappa shape index (κ2) is 12.6. The fourth-order valence-corrected chi connectivity index (χ4v) is 6.94. The van der Waals surface area contributed by atoms with Crippen molar-refractivity contribution in [2.45, 2.75) is 63.8 Å². The SMILES string of the molecule is CCCCCCNC(=O)OC[N+]1(CCCC(=O)c2ccc(F)cc2)CCC2[C@@H](C1)c1cccc3c1N2CCN3C. The van der Waals surface area contributed by atoms with E-state index in [1.54, 1.807) is 12.1 Å². The Hall–Kier alpha value is -3.13. The standard InChI is InChI=1S/C32H43FN4O3/c1-3-4-5-6-17-34-32(39)40-23-37(20-8-11-30(38)24-12-14-25(33)15-13-24)21-16-28-27(22-37)26-9-7-10-29-31(26)36(28)19-18-35(29)2/h7,9-10,12-15,27-28H,3-6,8,11,16-23H2,1-2H3/p+1/t27-,28?,37?/m0/s1. The second-order valence-electron chi connectivity index (χ2n) is 11.8. The van der Waals surface area contributed by atoms with Crippen LogP contribution in [0.3, 0.4) is 0 Å². The highest BCUT2D eigenvalue weighted by Crippen LogP contribution is 2.51. The number of hydrogen-bond acceptors (Lipinski definition) is 5. The van der Waals surface area contributed by atoms with E-state index in [9.17, 15) is 14.0 Å². The molecule has 0 aromatic heterocycles. The summed E-state index contributed by atoms with van der Waals surface area (Å²) in [4.78, 5) is 30.4. The molecule has 1 amide bonds. The topological polar surface area (TPSA) is 61.9 Å². The van der Waals surface area contributed by atoms with Gasteiger partial charge in [-0.15, -0.1) is 0 Å². The zero-order valence-corrected chi connectivity index (χ0v) is 24.0. The van der Waals surface area contributed by atoms with E-state index < -0.39 is 0 Å². The average molecular weight is 552 g/mol. The first kappa shape index (κ1) is 28.4. The van der Waals surface area contributed by atoms with Gasteiger partial charge in [-0.05, 0) is 42.3 Å². The fraction of sp³-hybridized carbons (Fsp3) is 0.562. The summed E-state index contributed by atoms with van der Waals surface area (Å²) in [5.74, 6) is 0.0485. The van der Waals surface area contributed by atoms with E-state index in [-0.39, 0.29) is 17.7 Å². The van der Waals surface area contributed by atoms with Crippen LogP contribution in [0, 0.1) is 5.82 Å². The smallest absolute Gasteiger partial charge is 0.399 e. The molecule has 2 unspecified atom stereocenters. The Morgan fingerprint density at radius 3 is 2.70 bits per heavy atom. The number of likely N-dealkylation sites (tertiary alicyclic amines) is 1. The number of fused-ring (bicyclic) bond motifs is 3. The van der Waals surface area contributed by atoms with Crippen LogP contribution in [-0.2, 0) is 4.74 Å². The zero-order valence-electron chi connectivity index (χ0n) is 24.0. The zero-order chi connectivity index (χ0) is 28.1. The Morgan fingerprint density at radius 2 is 1.90 bits per heavy atom. The molecule has 5 rings (SSSR count). The van der Waals surface area contributed by atoms with Gasteiger partial charge < -0.3 is 19.9 Å². The van der Waals surface area contributed by atoms with Crippen molar-refractivity contribution in [3.63, 3.8) is 0 Å². The Labute approximate surface area is 237 Å². The van der Waals surface area contributed by atoms with Gasteiger partial charge in [-0.3, -0.25) is 9.28 Å². The van der Waals surface area contributed by atoms with Gasteiger partial charge in [0.2, 0.25) is 6.73 Å². The predicted molar refractivity (Wildman–Crippen MR) is 157 cm³/mol. The highest BCUT2D eigenvalue weighted by molar-refractivity contribution is 5.95. The Balaban J connectivity index is 1.28. The molecule has 0 aliphatic carbocycles. The van der Waals surface area contributed by atoms with Crippen molar-refractivity contribution in [2.24, 2.45) is 0 Å². The maximum absolute atomic E-state index is 13.3. The molecular formula is C32H44FN4O3+. The van der Waals surface area contributed by atoms with Crippen molar-refractivity contribution in [1.29, 1.82) is 0 Å². The molecular weight excluding hydrogens is 507 g/mol. The summed E-state index contributed by atoms with van der Waals surface area (Å²) in [7, 11) is 2.17. The number of Topliss-reactive ketones (excluding diaryl/α,β-unsaturated/α-hetero) is 1. The van der Waals surface area contributed by atoms with Gasteiger partial charge in [-0.2, -0.15) is 0 Å². The van der Waals surface area contributed by atoms with E-state index in [4.69, 9.17) is 4.74 Å². The number of amides is 1. The molecule has 216 valence electrons. The minimum Gasteiger partial charge on any atom is -0.399 e. The van der Waals surface area contributed by atoms with E-state index in [0.29, 0.717) is 48.1 Å². The van der Waals surface area contributed by atoms with Crippen molar-refractivity contribution in [3.05, 3.63) is 59.4 Å². The number of ether oxygens (including phenoxy) is 1. The molecule has 0 radical (unpaired) electrons. The van der Waals surface area contributed by atoms with Crippen molar-refractivity contribution >= 4 is 23.3 Å². The predicted octanol–water partition coefficient (Wildman–Crippen LogP) is 5.70. The summed E-state index contributed by atoms with van der Waals surface area (Å²) in [5.41, 5.74) is 4.63. The van der Waals surface area contributed by atoms with Crippen LogP contribution in [-0.4, -0.2) is 75.4 Å². The Bertz CT molecular complexity index is 1190. The first-order valence-corrected chi connectivity index (χ1v) is 15.1. The number of hydrogen-bond donors (Lipinski definition) is 1. The van der Waals surface area contributed by atoms with Crippen molar-refractivity contribution in [1.82, 2.24) is 5.32 Å². The molecule has 7 nitrogen and oxygen atoms in total. The van der Waals surface area contributed by atoms with Crippen LogP contribution in [0.5, 0.6) is 0 Å². The quantitative estimate of drug-likeness (QED) is 0.209. The first-order valence-electron chi connectivity index (χ1n) is 15.1. The first-order chi connectivity index (χ1) is 19.4. The molecule has 40 heavy (non-hydrogen) atoms. The highest BCUT2D eigenvalue weighted by Gasteiger charge is 2.50.